The van der Waals surface area contributed by atoms with Gasteiger partial charge in [0.2, 0.25) is 0 Å². The highest BCUT2D eigenvalue weighted by Crippen LogP contribution is 2.40. The monoisotopic (exact) mass is 290 g/mol. The van der Waals surface area contributed by atoms with Gasteiger partial charge in [-0.3, -0.25) is 9.88 Å². The fourth-order valence-electron chi connectivity index (χ4n) is 3.75. The van der Waals surface area contributed by atoms with Gasteiger partial charge in [-0.2, -0.15) is 0 Å². The van der Waals surface area contributed by atoms with Crippen LogP contribution in [0, 0.1) is 5.41 Å². The second kappa shape index (κ2) is 6.86. The highest BCUT2D eigenvalue weighted by Gasteiger charge is 2.46. The number of hydrogen-bond donors (Lipinski definition) is 0. The Hall–Kier alpha value is -0.970. The molecule has 116 valence electrons. The van der Waals surface area contributed by atoms with Crippen LogP contribution in [-0.2, 0) is 16.0 Å². The zero-order chi connectivity index (χ0) is 14.5. The molecule has 0 spiro atoms. The van der Waals surface area contributed by atoms with Gasteiger partial charge in [0.1, 0.15) is 0 Å². The van der Waals surface area contributed by atoms with Crippen LogP contribution >= 0.6 is 0 Å². The Labute approximate surface area is 127 Å². The van der Waals surface area contributed by atoms with E-state index in [2.05, 4.69) is 28.9 Å². The summed E-state index contributed by atoms with van der Waals surface area (Å²) in [6.07, 6.45) is 5.73. The second-order valence-corrected chi connectivity index (χ2v) is 6.28. The normalized spacial score (nSPS) is 30.0. The van der Waals surface area contributed by atoms with Crippen molar-refractivity contribution in [2.24, 2.45) is 5.41 Å². The number of likely N-dealkylation sites (tertiary alicyclic amines) is 1. The maximum absolute atomic E-state index is 6.06. The Morgan fingerprint density at radius 3 is 3.24 bits per heavy atom. The molecular formula is C17H26N2O2. The molecule has 2 aliphatic heterocycles. The Bertz CT molecular complexity index is 440. The molecule has 2 saturated heterocycles. The maximum atomic E-state index is 6.06. The molecule has 2 aliphatic rings. The van der Waals surface area contributed by atoms with E-state index >= 15 is 0 Å². The van der Waals surface area contributed by atoms with Crippen LogP contribution in [0.5, 0.6) is 0 Å². The predicted octanol–water partition coefficient (Wildman–Crippen LogP) is 2.49. The van der Waals surface area contributed by atoms with E-state index < -0.39 is 0 Å². The highest BCUT2D eigenvalue weighted by atomic mass is 16.5. The number of ether oxygens (including phenoxy) is 2. The van der Waals surface area contributed by atoms with E-state index in [1.54, 1.807) is 0 Å². The summed E-state index contributed by atoms with van der Waals surface area (Å²) in [7, 11) is 0. The average molecular weight is 290 g/mol. The van der Waals surface area contributed by atoms with Crippen LogP contribution in [0.15, 0.2) is 24.4 Å². The number of pyridine rings is 1. The fraction of sp³-hybridized carbons (Fsp3) is 0.706. The molecule has 0 radical (unpaired) electrons. The molecule has 0 N–H and O–H groups in total. The van der Waals surface area contributed by atoms with Crippen LogP contribution in [0.1, 0.15) is 31.9 Å². The Morgan fingerprint density at radius 1 is 1.48 bits per heavy atom. The topological polar surface area (TPSA) is 34.6 Å². The van der Waals surface area contributed by atoms with Gasteiger partial charge < -0.3 is 9.47 Å². The van der Waals surface area contributed by atoms with Crippen molar-refractivity contribution in [1.82, 2.24) is 9.88 Å². The summed E-state index contributed by atoms with van der Waals surface area (Å²) in [6.45, 7) is 7.69. The molecule has 2 atom stereocenters. The largest absolute Gasteiger partial charge is 0.381 e. The molecule has 0 bridgehead atoms. The van der Waals surface area contributed by atoms with Crippen molar-refractivity contribution in [1.29, 1.82) is 0 Å². The first-order valence-corrected chi connectivity index (χ1v) is 8.14. The number of hydrogen-bond acceptors (Lipinski definition) is 4. The summed E-state index contributed by atoms with van der Waals surface area (Å²) in [4.78, 5) is 6.98. The maximum Gasteiger partial charge on any atom is 0.0677 e. The van der Waals surface area contributed by atoms with Crippen LogP contribution in [0.25, 0.3) is 0 Å². The minimum absolute atomic E-state index is 0.182. The summed E-state index contributed by atoms with van der Waals surface area (Å²) >= 11 is 0. The van der Waals surface area contributed by atoms with Gasteiger partial charge in [-0.05, 0) is 38.3 Å². The molecule has 4 nitrogen and oxygen atoms in total. The molecular weight excluding hydrogens is 264 g/mol. The van der Waals surface area contributed by atoms with Gasteiger partial charge in [0.05, 0.1) is 18.4 Å². The smallest absolute Gasteiger partial charge is 0.0677 e. The first-order chi connectivity index (χ1) is 10.3. The van der Waals surface area contributed by atoms with Crippen LogP contribution < -0.4 is 0 Å². The van der Waals surface area contributed by atoms with Crippen molar-refractivity contribution in [3.63, 3.8) is 0 Å². The molecule has 0 saturated carbocycles. The van der Waals surface area contributed by atoms with E-state index in [0.717, 1.165) is 58.0 Å². The molecule has 0 aromatic carbocycles. The molecule has 0 unspecified atom stereocenters. The van der Waals surface area contributed by atoms with Crippen LogP contribution in [0.3, 0.4) is 0 Å². The molecule has 3 heterocycles. The van der Waals surface area contributed by atoms with Crippen LogP contribution in [-0.4, -0.2) is 48.9 Å². The van der Waals surface area contributed by atoms with Crippen molar-refractivity contribution in [3.05, 3.63) is 30.1 Å². The summed E-state index contributed by atoms with van der Waals surface area (Å²) in [5.74, 6) is 0. The van der Waals surface area contributed by atoms with Gasteiger partial charge in [0.25, 0.3) is 0 Å². The van der Waals surface area contributed by atoms with E-state index in [0.29, 0.717) is 6.10 Å². The second-order valence-electron chi connectivity index (χ2n) is 6.28. The summed E-state index contributed by atoms with van der Waals surface area (Å²) < 4.78 is 11.9. The van der Waals surface area contributed by atoms with Gasteiger partial charge in [-0.1, -0.05) is 6.07 Å². The highest BCUT2D eigenvalue weighted by molar-refractivity contribution is 5.05. The SMILES string of the molecule is CCOC[C@@]12CCCO[C@H]1CCN(Cc1ccccn1)C2. The first kappa shape index (κ1) is 14.9. The molecule has 3 rings (SSSR count). The third kappa shape index (κ3) is 3.44. The van der Waals surface area contributed by atoms with E-state index in [-0.39, 0.29) is 5.41 Å². The van der Waals surface area contributed by atoms with Gasteiger partial charge in [0, 0.05) is 44.5 Å². The molecule has 2 fully saturated rings. The quantitative estimate of drug-likeness (QED) is 0.834. The Morgan fingerprint density at radius 2 is 2.43 bits per heavy atom. The lowest BCUT2D eigenvalue weighted by molar-refractivity contribution is -0.153. The van der Waals surface area contributed by atoms with Crippen LogP contribution in [0.2, 0.25) is 0 Å². The van der Waals surface area contributed by atoms with E-state index in [1.807, 2.05) is 12.3 Å². The summed E-state index contributed by atoms with van der Waals surface area (Å²) in [5.41, 5.74) is 1.33. The number of nitrogens with zero attached hydrogens (tertiary/aromatic N) is 2. The zero-order valence-corrected chi connectivity index (χ0v) is 13.0. The van der Waals surface area contributed by atoms with Crippen LogP contribution in [0.4, 0.5) is 0 Å². The first-order valence-electron chi connectivity index (χ1n) is 8.14. The molecule has 1 aromatic heterocycles. The van der Waals surface area contributed by atoms with Gasteiger partial charge in [-0.15, -0.1) is 0 Å². The average Bonchev–Trinajstić information content (AvgIpc) is 2.54. The minimum atomic E-state index is 0.182. The van der Waals surface area contributed by atoms with E-state index in [4.69, 9.17) is 9.47 Å². The lowest BCUT2D eigenvalue weighted by Crippen LogP contribution is -2.56. The standard InChI is InChI=1S/C17H26N2O2/c1-2-20-14-17-8-5-11-21-16(17)7-10-19(13-17)12-15-6-3-4-9-18-15/h3-4,6,9,16H,2,5,7-8,10-14H2,1H3/t16-,17-/m0/s1. The molecule has 1 aromatic rings. The van der Waals surface area contributed by atoms with E-state index in [9.17, 15) is 0 Å². The third-order valence-electron chi connectivity index (χ3n) is 4.77. The molecule has 21 heavy (non-hydrogen) atoms. The molecule has 4 heteroatoms. The lowest BCUT2D eigenvalue weighted by Gasteiger charge is -2.50. The molecule has 0 aliphatic carbocycles. The van der Waals surface area contributed by atoms with E-state index in [1.165, 1.54) is 6.42 Å². The predicted molar refractivity (Wildman–Crippen MR) is 82.0 cm³/mol. The van der Waals surface area contributed by atoms with Crippen molar-refractivity contribution in [3.8, 4) is 0 Å². The van der Waals surface area contributed by atoms with Gasteiger partial charge >= 0.3 is 0 Å². The third-order valence-corrected chi connectivity index (χ3v) is 4.77. The summed E-state index contributed by atoms with van der Waals surface area (Å²) in [6, 6.07) is 6.15. The van der Waals surface area contributed by atoms with Crippen molar-refractivity contribution >= 4 is 0 Å². The van der Waals surface area contributed by atoms with Crippen molar-refractivity contribution in [2.45, 2.75) is 38.8 Å². The minimum Gasteiger partial charge on any atom is -0.381 e. The lowest BCUT2D eigenvalue weighted by atomic mass is 9.73. The number of aromatic nitrogens is 1. The number of fused-ring (bicyclic) bond motifs is 1. The fourth-order valence-corrected chi connectivity index (χ4v) is 3.75. The zero-order valence-electron chi connectivity index (χ0n) is 13.0. The van der Waals surface area contributed by atoms with Gasteiger partial charge in [-0.25, -0.2) is 0 Å². The Balaban J connectivity index is 1.68. The Kier molecular flexibility index (Phi) is 4.88. The molecule has 0 amide bonds. The number of rotatable bonds is 5. The summed E-state index contributed by atoms with van der Waals surface area (Å²) in [5, 5.41) is 0. The van der Waals surface area contributed by atoms with Crippen molar-refractivity contribution < 1.29 is 9.47 Å². The number of piperidine rings is 1. The van der Waals surface area contributed by atoms with Crippen molar-refractivity contribution in [2.75, 3.05) is 32.9 Å². The van der Waals surface area contributed by atoms with Gasteiger partial charge in [0.15, 0.2) is 0 Å².